The third kappa shape index (κ3) is 2.15. The van der Waals surface area contributed by atoms with Crippen LogP contribution in [0.15, 0.2) is 42.9 Å². The van der Waals surface area contributed by atoms with Crippen LogP contribution in [-0.4, -0.2) is 9.55 Å². The Morgan fingerprint density at radius 3 is 2.57 bits per heavy atom. The van der Waals surface area contributed by atoms with Crippen molar-refractivity contribution in [2.45, 2.75) is 13.0 Å². The summed E-state index contributed by atoms with van der Waals surface area (Å²) in [6.45, 7) is 2.13. The smallest absolute Gasteiger partial charge is 0.0957 e. The molecule has 1 atom stereocenters. The molecule has 0 aliphatic rings. The molecule has 0 fully saturated rings. The van der Waals surface area contributed by atoms with E-state index in [1.807, 2.05) is 22.8 Å². The van der Waals surface area contributed by atoms with Gasteiger partial charge >= 0.3 is 0 Å². The lowest BCUT2D eigenvalue weighted by molar-refractivity contribution is 0.634. The summed E-state index contributed by atoms with van der Waals surface area (Å²) in [5, 5.41) is 0. The summed E-state index contributed by atoms with van der Waals surface area (Å²) >= 11 is 0. The summed E-state index contributed by atoms with van der Waals surface area (Å²) in [4.78, 5) is 3.98. The van der Waals surface area contributed by atoms with E-state index >= 15 is 0 Å². The van der Waals surface area contributed by atoms with E-state index in [1.165, 1.54) is 5.56 Å². The van der Waals surface area contributed by atoms with Gasteiger partial charge in [0.05, 0.1) is 24.8 Å². The molecular formula is C11H12ClN2. The molecule has 0 unspecified atom stereocenters. The molecule has 0 aliphatic carbocycles. The normalized spacial score (nSPS) is 11.8. The van der Waals surface area contributed by atoms with Crippen LogP contribution >= 0.6 is 12.4 Å². The van der Waals surface area contributed by atoms with Gasteiger partial charge < -0.3 is 4.57 Å². The SMILES string of the molecule is C[C@H](c1ccccc1)n1[c]cnc1.Cl. The Morgan fingerprint density at radius 1 is 1.29 bits per heavy atom. The van der Waals surface area contributed by atoms with Crippen LogP contribution in [0.5, 0.6) is 0 Å². The summed E-state index contributed by atoms with van der Waals surface area (Å²) in [7, 11) is 0. The second-order valence-corrected chi connectivity index (χ2v) is 3.02. The summed E-state index contributed by atoms with van der Waals surface area (Å²) < 4.78 is 1.97. The maximum absolute atomic E-state index is 3.98. The van der Waals surface area contributed by atoms with Crippen molar-refractivity contribution in [2.75, 3.05) is 0 Å². The molecule has 14 heavy (non-hydrogen) atoms. The van der Waals surface area contributed by atoms with Gasteiger partial charge in [0.1, 0.15) is 0 Å². The molecule has 0 amide bonds. The van der Waals surface area contributed by atoms with Crippen LogP contribution in [0.3, 0.4) is 0 Å². The predicted molar refractivity (Wildman–Crippen MR) is 58.6 cm³/mol. The van der Waals surface area contributed by atoms with Gasteiger partial charge in [0.25, 0.3) is 0 Å². The lowest BCUT2D eigenvalue weighted by Crippen LogP contribution is -2.03. The molecule has 0 bridgehead atoms. The molecule has 0 saturated heterocycles. The summed E-state index contributed by atoms with van der Waals surface area (Å²) in [5.74, 6) is 0. The fraction of sp³-hybridized carbons (Fsp3) is 0.182. The zero-order chi connectivity index (χ0) is 9.10. The van der Waals surface area contributed by atoms with E-state index < -0.39 is 0 Å². The van der Waals surface area contributed by atoms with E-state index in [0.717, 1.165) is 0 Å². The first-order valence-electron chi connectivity index (χ1n) is 4.32. The van der Waals surface area contributed by atoms with Crippen LogP contribution < -0.4 is 0 Å². The number of hydrogen-bond donors (Lipinski definition) is 0. The molecule has 3 heteroatoms. The van der Waals surface area contributed by atoms with Crippen LogP contribution in [0.4, 0.5) is 0 Å². The van der Waals surface area contributed by atoms with Gasteiger partial charge in [-0.05, 0) is 12.5 Å². The van der Waals surface area contributed by atoms with E-state index in [2.05, 4.69) is 30.2 Å². The molecule has 0 spiro atoms. The van der Waals surface area contributed by atoms with Crippen molar-refractivity contribution in [1.82, 2.24) is 9.55 Å². The third-order valence-corrected chi connectivity index (χ3v) is 2.17. The van der Waals surface area contributed by atoms with E-state index in [0.29, 0.717) is 6.04 Å². The highest BCUT2D eigenvalue weighted by Crippen LogP contribution is 2.15. The minimum Gasteiger partial charge on any atom is -0.322 e. The lowest BCUT2D eigenvalue weighted by Gasteiger charge is -2.12. The Morgan fingerprint density at radius 2 is 2.00 bits per heavy atom. The van der Waals surface area contributed by atoms with Crippen LogP contribution in [0, 0.1) is 6.20 Å². The van der Waals surface area contributed by atoms with Crippen LogP contribution in [0.1, 0.15) is 18.5 Å². The molecule has 2 nitrogen and oxygen atoms in total. The average Bonchev–Trinajstić information content (AvgIpc) is 2.71. The first-order chi connectivity index (χ1) is 6.38. The molecule has 2 aromatic rings. The highest BCUT2D eigenvalue weighted by atomic mass is 35.5. The van der Waals surface area contributed by atoms with Crippen LogP contribution in [-0.2, 0) is 0 Å². The number of halogens is 1. The van der Waals surface area contributed by atoms with Gasteiger partial charge in [0, 0.05) is 0 Å². The molecule has 1 radical (unpaired) electrons. The Balaban J connectivity index is 0.000000980. The number of hydrogen-bond acceptors (Lipinski definition) is 1. The van der Waals surface area contributed by atoms with Gasteiger partial charge in [-0.2, -0.15) is 0 Å². The first-order valence-corrected chi connectivity index (χ1v) is 4.32. The minimum atomic E-state index is 0. The largest absolute Gasteiger partial charge is 0.322 e. The molecule has 1 heterocycles. The number of aromatic nitrogens is 2. The molecule has 0 aliphatic heterocycles. The second kappa shape index (κ2) is 4.82. The maximum Gasteiger partial charge on any atom is 0.0957 e. The number of benzene rings is 1. The Labute approximate surface area is 90.0 Å². The number of nitrogens with zero attached hydrogens (tertiary/aromatic N) is 2. The van der Waals surface area contributed by atoms with Gasteiger partial charge in [-0.15, -0.1) is 12.4 Å². The summed E-state index contributed by atoms with van der Waals surface area (Å²) in [5.41, 5.74) is 1.27. The van der Waals surface area contributed by atoms with Crippen molar-refractivity contribution < 1.29 is 0 Å². The Hall–Kier alpha value is -1.28. The molecule has 0 N–H and O–H groups in total. The highest BCUT2D eigenvalue weighted by Gasteiger charge is 2.04. The average molecular weight is 208 g/mol. The summed E-state index contributed by atoms with van der Waals surface area (Å²) in [6.07, 6.45) is 6.51. The zero-order valence-electron chi connectivity index (χ0n) is 7.92. The fourth-order valence-corrected chi connectivity index (χ4v) is 1.34. The summed E-state index contributed by atoms with van der Waals surface area (Å²) in [6, 6.07) is 10.6. The van der Waals surface area contributed by atoms with E-state index in [9.17, 15) is 0 Å². The predicted octanol–water partition coefficient (Wildman–Crippen LogP) is 2.71. The van der Waals surface area contributed by atoms with Crippen LogP contribution in [0.25, 0.3) is 0 Å². The van der Waals surface area contributed by atoms with Crippen molar-refractivity contribution in [1.29, 1.82) is 0 Å². The molecule has 1 aromatic carbocycles. The van der Waals surface area contributed by atoms with Gasteiger partial charge in [-0.1, -0.05) is 30.3 Å². The molecule has 1 aromatic heterocycles. The molecule has 73 valence electrons. The van der Waals surface area contributed by atoms with E-state index in [4.69, 9.17) is 0 Å². The van der Waals surface area contributed by atoms with Crippen molar-refractivity contribution in [2.24, 2.45) is 0 Å². The third-order valence-electron chi connectivity index (χ3n) is 2.17. The first kappa shape index (κ1) is 10.8. The van der Waals surface area contributed by atoms with Gasteiger partial charge in [0.2, 0.25) is 0 Å². The fourth-order valence-electron chi connectivity index (χ4n) is 1.34. The van der Waals surface area contributed by atoms with Gasteiger partial charge in [-0.3, -0.25) is 0 Å². The van der Waals surface area contributed by atoms with Crippen molar-refractivity contribution >= 4 is 12.4 Å². The molecule has 2 rings (SSSR count). The zero-order valence-corrected chi connectivity index (χ0v) is 8.74. The quantitative estimate of drug-likeness (QED) is 0.741. The highest BCUT2D eigenvalue weighted by molar-refractivity contribution is 5.85. The van der Waals surface area contributed by atoms with Crippen molar-refractivity contribution in [3.05, 3.63) is 54.6 Å². The second-order valence-electron chi connectivity index (χ2n) is 3.02. The van der Waals surface area contributed by atoms with Crippen LogP contribution in [0.2, 0.25) is 0 Å². The topological polar surface area (TPSA) is 17.8 Å². The van der Waals surface area contributed by atoms with Gasteiger partial charge in [-0.25, -0.2) is 4.98 Å². The van der Waals surface area contributed by atoms with Crippen molar-refractivity contribution in [3.63, 3.8) is 0 Å². The molecule has 0 saturated carbocycles. The number of rotatable bonds is 2. The monoisotopic (exact) mass is 207 g/mol. The molecular weight excluding hydrogens is 196 g/mol. The van der Waals surface area contributed by atoms with Crippen molar-refractivity contribution in [3.8, 4) is 0 Å². The number of imidazole rings is 1. The van der Waals surface area contributed by atoms with Gasteiger partial charge in [0.15, 0.2) is 0 Å². The maximum atomic E-state index is 3.98. The Bertz CT molecular complexity index is 356. The standard InChI is InChI=1S/C11H11N2.ClH/c1-10(13-8-7-12-9-13)11-5-3-2-4-6-11;/h2-7,9-10H,1H3;1H/t10-;/m1./s1. The lowest BCUT2D eigenvalue weighted by atomic mass is 10.1. The minimum absolute atomic E-state index is 0. The Kier molecular flexibility index (Phi) is 3.72. The van der Waals surface area contributed by atoms with E-state index in [1.54, 1.807) is 12.5 Å². The van der Waals surface area contributed by atoms with E-state index in [-0.39, 0.29) is 12.4 Å².